The predicted octanol–water partition coefficient (Wildman–Crippen LogP) is 3.82. The maximum Gasteiger partial charge on any atom is 0.205 e. The van der Waals surface area contributed by atoms with E-state index in [4.69, 9.17) is 5.73 Å². The summed E-state index contributed by atoms with van der Waals surface area (Å²) in [6.07, 6.45) is 0. The summed E-state index contributed by atoms with van der Waals surface area (Å²) in [6.45, 7) is 1.99. The Morgan fingerprint density at radius 1 is 1.21 bits per heavy atom. The van der Waals surface area contributed by atoms with Gasteiger partial charge in [-0.1, -0.05) is 6.07 Å². The highest BCUT2D eigenvalue weighted by molar-refractivity contribution is 9.10. The van der Waals surface area contributed by atoms with Crippen molar-refractivity contribution in [2.75, 3.05) is 5.73 Å². The number of nitrogen functional groups attached to an aromatic ring is 1. The molecule has 19 heavy (non-hydrogen) atoms. The molecule has 0 atom stereocenters. The molecule has 0 aliphatic rings. The van der Waals surface area contributed by atoms with Crippen LogP contribution >= 0.6 is 15.9 Å². The molecule has 0 aliphatic heterocycles. The second-order valence-corrected chi connectivity index (χ2v) is 5.25. The van der Waals surface area contributed by atoms with Crippen LogP contribution < -0.4 is 5.73 Å². The Kier molecular flexibility index (Phi) is 2.78. The van der Waals surface area contributed by atoms with Crippen molar-refractivity contribution < 1.29 is 4.39 Å². The number of hydrogen-bond donors (Lipinski definition) is 1. The average Bonchev–Trinajstić information content (AvgIpc) is 2.67. The van der Waals surface area contributed by atoms with Crippen LogP contribution in [0, 0.1) is 12.7 Å². The van der Waals surface area contributed by atoms with Crippen molar-refractivity contribution in [2.24, 2.45) is 0 Å². The maximum atomic E-state index is 13.4. The highest BCUT2D eigenvalue weighted by atomic mass is 79.9. The molecular weight excluding hydrogens is 309 g/mol. The van der Waals surface area contributed by atoms with Gasteiger partial charge in [-0.2, -0.15) is 0 Å². The molecule has 0 amide bonds. The van der Waals surface area contributed by atoms with E-state index in [0.29, 0.717) is 11.6 Å². The Morgan fingerprint density at radius 2 is 2.00 bits per heavy atom. The number of aromatic nitrogens is 2. The van der Waals surface area contributed by atoms with Gasteiger partial charge in [0.1, 0.15) is 5.82 Å². The number of imidazole rings is 1. The Morgan fingerprint density at radius 3 is 2.79 bits per heavy atom. The first kappa shape index (κ1) is 12.2. The molecule has 3 nitrogen and oxygen atoms in total. The first-order valence-electron chi connectivity index (χ1n) is 5.76. The lowest BCUT2D eigenvalue weighted by atomic mass is 10.2. The summed E-state index contributed by atoms with van der Waals surface area (Å²) < 4.78 is 15.9. The molecule has 0 saturated carbocycles. The molecule has 0 fully saturated rings. The van der Waals surface area contributed by atoms with E-state index in [0.717, 1.165) is 21.1 Å². The highest BCUT2D eigenvalue weighted by Gasteiger charge is 2.13. The van der Waals surface area contributed by atoms with E-state index >= 15 is 0 Å². The van der Waals surface area contributed by atoms with Gasteiger partial charge in [-0.25, -0.2) is 9.37 Å². The van der Waals surface area contributed by atoms with Crippen LogP contribution in [0.15, 0.2) is 40.9 Å². The van der Waals surface area contributed by atoms with Gasteiger partial charge in [0.05, 0.1) is 16.7 Å². The summed E-state index contributed by atoms with van der Waals surface area (Å²) >= 11 is 3.42. The molecule has 1 aromatic heterocycles. The van der Waals surface area contributed by atoms with Crippen LogP contribution in [0.2, 0.25) is 0 Å². The summed E-state index contributed by atoms with van der Waals surface area (Å²) in [7, 11) is 0. The number of anilines is 1. The van der Waals surface area contributed by atoms with E-state index in [9.17, 15) is 4.39 Å². The molecule has 3 rings (SSSR count). The molecule has 0 bridgehead atoms. The number of rotatable bonds is 1. The quantitative estimate of drug-likeness (QED) is 0.741. The number of nitrogens with zero attached hydrogens (tertiary/aromatic N) is 2. The number of benzene rings is 2. The largest absolute Gasteiger partial charge is 0.369 e. The zero-order chi connectivity index (χ0) is 13.6. The van der Waals surface area contributed by atoms with Crippen molar-refractivity contribution in [1.29, 1.82) is 0 Å². The van der Waals surface area contributed by atoms with Gasteiger partial charge in [-0.3, -0.25) is 4.57 Å². The minimum absolute atomic E-state index is 0.313. The number of aryl methyl sites for hydroxylation is 1. The smallest absolute Gasteiger partial charge is 0.205 e. The lowest BCUT2D eigenvalue weighted by Gasteiger charge is -2.09. The normalized spacial score (nSPS) is 11.1. The zero-order valence-corrected chi connectivity index (χ0v) is 11.8. The number of fused-ring (bicyclic) bond motifs is 1. The fraction of sp³-hybridized carbons (Fsp3) is 0.0714. The maximum absolute atomic E-state index is 13.4. The molecule has 0 aliphatic carbocycles. The van der Waals surface area contributed by atoms with Crippen LogP contribution in [-0.2, 0) is 0 Å². The third-order valence-electron chi connectivity index (χ3n) is 2.99. The van der Waals surface area contributed by atoms with Gasteiger partial charge in [0, 0.05) is 4.47 Å². The van der Waals surface area contributed by atoms with Crippen LogP contribution in [0.1, 0.15) is 5.56 Å². The fourth-order valence-corrected chi connectivity index (χ4v) is 2.54. The molecule has 3 aromatic rings. The molecule has 96 valence electrons. The summed E-state index contributed by atoms with van der Waals surface area (Å²) in [4.78, 5) is 4.32. The summed E-state index contributed by atoms with van der Waals surface area (Å²) in [5.41, 5.74) is 9.37. The third kappa shape index (κ3) is 2.00. The summed E-state index contributed by atoms with van der Waals surface area (Å²) in [5.74, 6) is 0.0264. The van der Waals surface area contributed by atoms with Gasteiger partial charge < -0.3 is 5.73 Å². The van der Waals surface area contributed by atoms with E-state index in [1.165, 1.54) is 12.1 Å². The van der Waals surface area contributed by atoms with Crippen molar-refractivity contribution in [3.05, 3.63) is 52.3 Å². The van der Waals surface area contributed by atoms with Gasteiger partial charge in [-0.15, -0.1) is 0 Å². The van der Waals surface area contributed by atoms with E-state index < -0.39 is 0 Å². The number of nitrogens with two attached hydrogens (primary N) is 1. The number of hydrogen-bond acceptors (Lipinski definition) is 2. The highest BCUT2D eigenvalue weighted by Crippen LogP contribution is 2.29. The molecule has 0 saturated heterocycles. The van der Waals surface area contributed by atoms with E-state index in [2.05, 4.69) is 20.9 Å². The average molecular weight is 320 g/mol. The van der Waals surface area contributed by atoms with Gasteiger partial charge in [0.15, 0.2) is 0 Å². The van der Waals surface area contributed by atoms with E-state index in [1.54, 1.807) is 10.6 Å². The van der Waals surface area contributed by atoms with Gasteiger partial charge >= 0.3 is 0 Å². The number of halogens is 2. The first-order valence-corrected chi connectivity index (χ1v) is 6.55. The lowest BCUT2D eigenvalue weighted by molar-refractivity contribution is 0.626. The van der Waals surface area contributed by atoms with Crippen LogP contribution in [-0.4, -0.2) is 9.55 Å². The second-order valence-electron chi connectivity index (χ2n) is 4.39. The standard InChI is InChI=1S/C14H11BrFN3/c1-8-2-5-12-11(6-8)18-14(17)19(12)13-7-9(16)3-4-10(13)15/h2-7H,1H3,(H2,17,18). The molecule has 1 heterocycles. The Labute approximate surface area is 118 Å². The van der Waals surface area contributed by atoms with E-state index in [1.807, 2.05) is 25.1 Å². The third-order valence-corrected chi connectivity index (χ3v) is 3.66. The van der Waals surface area contributed by atoms with Crippen molar-refractivity contribution in [3.63, 3.8) is 0 Å². The SMILES string of the molecule is Cc1ccc2c(c1)nc(N)n2-c1cc(F)ccc1Br. The Bertz CT molecular complexity index is 780. The topological polar surface area (TPSA) is 43.8 Å². The van der Waals surface area contributed by atoms with Crippen LogP contribution in [0.4, 0.5) is 10.3 Å². The van der Waals surface area contributed by atoms with Gasteiger partial charge in [-0.05, 0) is 58.7 Å². The van der Waals surface area contributed by atoms with Gasteiger partial charge in [0.2, 0.25) is 5.95 Å². The molecular formula is C14H11BrFN3. The van der Waals surface area contributed by atoms with Crippen molar-refractivity contribution in [3.8, 4) is 5.69 Å². The minimum Gasteiger partial charge on any atom is -0.369 e. The summed E-state index contributed by atoms with van der Waals surface area (Å²) in [5, 5.41) is 0. The molecule has 0 spiro atoms. The molecule has 0 radical (unpaired) electrons. The Balaban J connectivity index is 2.36. The minimum atomic E-state index is -0.313. The van der Waals surface area contributed by atoms with Crippen molar-refractivity contribution in [2.45, 2.75) is 6.92 Å². The molecule has 5 heteroatoms. The molecule has 0 unspecified atom stereocenters. The van der Waals surface area contributed by atoms with Crippen molar-refractivity contribution >= 4 is 32.9 Å². The monoisotopic (exact) mass is 319 g/mol. The van der Waals surface area contributed by atoms with Crippen molar-refractivity contribution in [1.82, 2.24) is 9.55 Å². The van der Waals surface area contributed by atoms with Gasteiger partial charge in [0.25, 0.3) is 0 Å². The lowest BCUT2D eigenvalue weighted by Crippen LogP contribution is -2.01. The van der Waals surface area contributed by atoms with Crippen LogP contribution in [0.3, 0.4) is 0 Å². The van der Waals surface area contributed by atoms with Crippen LogP contribution in [0.5, 0.6) is 0 Å². The molecule has 2 N–H and O–H groups in total. The molecule has 2 aromatic carbocycles. The first-order chi connectivity index (χ1) is 9.06. The fourth-order valence-electron chi connectivity index (χ4n) is 2.12. The van der Waals surface area contributed by atoms with E-state index in [-0.39, 0.29) is 5.82 Å². The summed E-state index contributed by atoms with van der Waals surface area (Å²) in [6, 6.07) is 10.4. The predicted molar refractivity (Wildman–Crippen MR) is 77.9 cm³/mol. The van der Waals surface area contributed by atoms with Crippen LogP contribution in [0.25, 0.3) is 16.7 Å². The zero-order valence-electron chi connectivity index (χ0n) is 10.2. The second kappa shape index (κ2) is 4.35. The Hall–Kier alpha value is -1.88.